The number of sulfonamides is 1. The van der Waals surface area contributed by atoms with Gasteiger partial charge in [-0.1, -0.05) is 27.5 Å². The molecule has 0 heterocycles. The van der Waals surface area contributed by atoms with Gasteiger partial charge in [0, 0.05) is 10.2 Å². The SMILES string of the molecule is Nc1cc(F)c(S(=O)(=O)Nc2cc(Br)ccc2Cl)c(F)c1. The molecule has 112 valence electrons. The van der Waals surface area contributed by atoms with E-state index in [1.807, 2.05) is 4.72 Å². The van der Waals surface area contributed by atoms with Gasteiger partial charge in [0.15, 0.2) is 4.90 Å². The van der Waals surface area contributed by atoms with Crippen molar-refractivity contribution in [2.45, 2.75) is 4.90 Å². The highest BCUT2D eigenvalue weighted by Gasteiger charge is 2.25. The molecule has 0 bridgehead atoms. The van der Waals surface area contributed by atoms with Crippen LogP contribution >= 0.6 is 27.5 Å². The summed E-state index contributed by atoms with van der Waals surface area (Å²) in [4.78, 5) is -1.12. The summed E-state index contributed by atoms with van der Waals surface area (Å²) in [7, 11) is -4.49. The number of nitrogen functional groups attached to an aromatic ring is 1. The van der Waals surface area contributed by atoms with E-state index in [1.165, 1.54) is 12.1 Å². The van der Waals surface area contributed by atoms with E-state index in [9.17, 15) is 17.2 Å². The highest BCUT2D eigenvalue weighted by molar-refractivity contribution is 9.10. The maximum Gasteiger partial charge on any atom is 0.267 e. The van der Waals surface area contributed by atoms with Gasteiger partial charge < -0.3 is 5.73 Å². The van der Waals surface area contributed by atoms with Crippen molar-refractivity contribution in [2.75, 3.05) is 10.5 Å². The number of hydrogen-bond donors (Lipinski definition) is 2. The lowest BCUT2D eigenvalue weighted by atomic mass is 10.3. The van der Waals surface area contributed by atoms with E-state index in [0.717, 1.165) is 12.1 Å². The highest BCUT2D eigenvalue weighted by Crippen LogP contribution is 2.29. The standard InChI is InChI=1S/C12H8BrClF2N2O2S/c13-6-1-2-8(14)11(3-6)18-21(19,20)12-9(15)4-7(17)5-10(12)16/h1-5,18H,17H2. The van der Waals surface area contributed by atoms with E-state index >= 15 is 0 Å². The molecule has 21 heavy (non-hydrogen) atoms. The Morgan fingerprint density at radius 1 is 1.14 bits per heavy atom. The van der Waals surface area contributed by atoms with Crippen LogP contribution in [0.3, 0.4) is 0 Å². The summed E-state index contributed by atoms with van der Waals surface area (Å²) in [5.74, 6) is -2.57. The molecule has 3 N–H and O–H groups in total. The molecule has 9 heteroatoms. The van der Waals surface area contributed by atoms with Crippen LogP contribution in [0.15, 0.2) is 39.7 Å². The fraction of sp³-hybridized carbons (Fsp3) is 0. The number of halogens is 4. The molecule has 0 aromatic heterocycles. The van der Waals surface area contributed by atoms with Crippen molar-refractivity contribution in [3.8, 4) is 0 Å². The quantitative estimate of drug-likeness (QED) is 0.775. The largest absolute Gasteiger partial charge is 0.399 e. The molecular weight excluding hydrogens is 390 g/mol. The molecule has 0 aliphatic carbocycles. The van der Waals surface area contributed by atoms with Crippen LogP contribution < -0.4 is 10.5 Å². The smallest absolute Gasteiger partial charge is 0.267 e. The van der Waals surface area contributed by atoms with Gasteiger partial charge in [-0.3, -0.25) is 4.72 Å². The van der Waals surface area contributed by atoms with E-state index < -0.39 is 26.6 Å². The van der Waals surface area contributed by atoms with Gasteiger partial charge in [-0.05, 0) is 30.3 Å². The predicted octanol–water partition coefficient (Wildman–Crippen LogP) is 3.76. The first-order valence-corrected chi connectivity index (χ1v) is 8.08. The lowest BCUT2D eigenvalue weighted by Gasteiger charge is -2.11. The van der Waals surface area contributed by atoms with Crippen LogP contribution in [0.5, 0.6) is 0 Å². The summed E-state index contributed by atoms with van der Waals surface area (Å²) in [5, 5.41) is 0.0815. The topological polar surface area (TPSA) is 72.2 Å². The van der Waals surface area contributed by atoms with Crippen LogP contribution in [0.25, 0.3) is 0 Å². The summed E-state index contributed by atoms with van der Waals surface area (Å²) in [6.07, 6.45) is 0. The summed E-state index contributed by atoms with van der Waals surface area (Å²) in [6.45, 7) is 0. The van der Waals surface area contributed by atoms with Gasteiger partial charge in [0.2, 0.25) is 0 Å². The van der Waals surface area contributed by atoms with Gasteiger partial charge in [-0.2, -0.15) is 0 Å². The van der Waals surface area contributed by atoms with Crippen molar-refractivity contribution in [2.24, 2.45) is 0 Å². The van der Waals surface area contributed by atoms with Gasteiger partial charge in [0.25, 0.3) is 10.0 Å². The Morgan fingerprint density at radius 3 is 2.29 bits per heavy atom. The normalized spacial score (nSPS) is 11.4. The number of hydrogen-bond acceptors (Lipinski definition) is 3. The fourth-order valence-electron chi connectivity index (χ4n) is 1.61. The molecule has 0 atom stereocenters. The lowest BCUT2D eigenvalue weighted by Crippen LogP contribution is -2.17. The Hall–Kier alpha value is -1.38. The molecule has 2 aromatic carbocycles. The van der Waals surface area contributed by atoms with Gasteiger partial charge >= 0.3 is 0 Å². The minimum absolute atomic E-state index is 0.0123. The molecule has 0 aliphatic rings. The minimum Gasteiger partial charge on any atom is -0.399 e. The average molecular weight is 398 g/mol. The van der Waals surface area contributed by atoms with Crippen LogP contribution in [0.2, 0.25) is 5.02 Å². The molecule has 2 aromatic rings. The lowest BCUT2D eigenvalue weighted by molar-refractivity contribution is 0.522. The number of rotatable bonds is 3. The molecule has 0 fully saturated rings. The Balaban J connectivity index is 2.51. The maximum absolute atomic E-state index is 13.7. The second kappa shape index (κ2) is 5.78. The molecule has 0 spiro atoms. The van der Waals surface area contributed by atoms with Gasteiger partial charge in [-0.25, -0.2) is 17.2 Å². The third-order valence-electron chi connectivity index (χ3n) is 2.46. The summed E-state index contributed by atoms with van der Waals surface area (Å²) in [5.41, 5.74) is 5.02. The molecule has 0 amide bonds. The summed E-state index contributed by atoms with van der Waals surface area (Å²) >= 11 is 8.98. The van der Waals surface area contributed by atoms with Crippen LogP contribution in [-0.2, 0) is 10.0 Å². The highest BCUT2D eigenvalue weighted by atomic mass is 79.9. The van der Waals surface area contributed by atoms with Crippen molar-refractivity contribution >= 4 is 48.9 Å². The Morgan fingerprint density at radius 2 is 1.71 bits per heavy atom. The monoisotopic (exact) mass is 396 g/mol. The van der Waals surface area contributed by atoms with Gasteiger partial charge in [0.05, 0.1) is 10.7 Å². The molecule has 0 unspecified atom stereocenters. The molecule has 0 radical (unpaired) electrons. The van der Waals surface area contributed by atoms with E-state index in [0.29, 0.717) is 4.47 Å². The second-order valence-electron chi connectivity index (χ2n) is 4.04. The first-order valence-electron chi connectivity index (χ1n) is 5.43. The van der Waals surface area contributed by atoms with E-state index in [1.54, 1.807) is 6.07 Å². The van der Waals surface area contributed by atoms with Crippen molar-refractivity contribution in [1.29, 1.82) is 0 Å². The maximum atomic E-state index is 13.7. The molecule has 4 nitrogen and oxygen atoms in total. The zero-order chi connectivity index (χ0) is 15.8. The van der Waals surface area contributed by atoms with Gasteiger partial charge in [-0.15, -0.1) is 0 Å². The third kappa shape index (κ3) is 3.45. The average Bonchev–Trinajstić information content (AvgIpc) is 2.31. The number of nitrogens with two attached hydrogens (primary N) is 1. The number of benzene rings is 2. The summed E-state index contributed by atoms with van der Waals surface area (Å²) < 4.78 is 54.2. The second-order valence-corrected chi connectivity index (χ2v) is 6.99. The predicted molar refractivity (Wildman–Crippen MR) is 80.7 cm³/mol. The Kier molecular flexibility index (Phi) is 4.40. The van der Waals surface area contributed by atoms with Crippen molar-refractivity contribution in [3.05, 3.63) is 51.5 Å². The van der Waals surface area contributed by atoms with Crippen LogP contribution in [-0.4, -0.2) is 8.42 Å². The van der Waals surface area contributed by atoms with Crippen LogP contribution in [0, 0.1) is 11.6 Å². The molecule has 0 saturated heterocycles. The summed E-state index contributed by atoms with van der Waals surface area (Å²) in [6, 6.07) is 5.83. The van der Waals surface area contributed by atoms with E-state index in [-0.39, 0.29) is 16.4 Å². The van der Waals surface area contributed by atoms with Crippen LogP contribution in [0.1, 0.15) is 0 Å². The van der Waals surface area contributed by atoms with E-state index in [2.05, 4.69) is 15.9 Å². The zero-order valence-electron chi connectivity index (χ0n) is 10.2. The fourth-order valence-corrected chi connectivity index (χ4v) is 3.38. The molecule has 0 saturated carbocycles. The van der Waals surface area contributed by atoms with Crippen molar-refractivity contribution in [3.63, 3.8) is 0 Å². The molecule has 0 aliphatic heterocycles. The Bertz CT molecular complexity index is 792. The number of nitrogens with one attached hydrogen (secondary N) is 1. The van der Waals surface area contributed by atoms with Crippen molar-refractivity contribution in [1.82, 2.24) is 0 Å². The third-order valence-corrected chi connectivity index (χ3v) is 4.70. The minimum atomic E-state index is -4.49. The molecule has 2 rings (SSSR count). The van der Waals surface area contributed by atoms with Crippen molar-refractivity contribution < 1.29 is 17.2 Å². The first kappa shape index (κ1) is 16.0. The zero-order valence-corrected chi connectivity index (χ0v) is 13.4. The van der Waals surface area contributed by atoms with Gasteiger partial charge in [0.1, 0.15) is 11.6 Å². The number of anilines is 2. The first-order chi connectivity index (χ1) is 9.70. The molecular formula is C12H8BrClF2N2O2S. The van der Waals surface area contributed by atoms with E-state index in [4.69, 9.17) is 17.3 Å². The Labute approximate surface area is 133 Å². The van der Waals surface area contributed by atoms with Crippen LogP contribution in [0.4, 0.5) is 20.2 Å².